The summed E-state index contributed by atoms with van der Waals surface area (Å²) in [6.07, 6.45) is 1.56. The fourth-order valence-corrected chi connectivity index (χ4v) is 4.08. The third-order valence-electron chi connectivity index (χ3n) is 4.65. The summed E-state index contributed by atoms with van der Waals surface area (Å²) < 4.78 is 17.6. The van der Waals surface area contributed by atoms with Crippen LogP contribution in [0.3, 0.4) is 0 Å². The minimum absolute atomic E-state index is 0.359. The number of aryl methyl sites for hydroxylation is 2. The van der Waals surface area contributed by atoms with Gasteiger partial charge in [0.25, 0.3) is 0 Å². The van der Waals surface area contributed by atoms with Gasteiger partial charge in [0, 0.05) is 11.1 Å². The van der Waals surface area contributed by atoms with Gasteiger partial charge >= 0.3 is 0 Å². The molecule has 0 bridgehead atoms. The molecular weight excluding hydrogens is 466 g/mol. The van der Waals surface area contributed by atoms with Crippen LogP contribution >= 0.6 is 27.5 Å². The topological polar surface area (TPSA) is 51.5 Å². The van der Waals surface area contributed by atoms with Gasteiger partial charge in [-0.05, 0) is 81.9 Å². The molecule has 0 amide bonds. The number of hydrogen-bond donors (Lipinski definition) is 0. The lowest BCUT2D eigenvalue weighted by molar-refractivity contribution is 0.298. The van der Waals surface area contributed by atoms with Gasteiger partial charge in [-0.2, -0.15) is 5.26 Å². The minimum Gasteiger partial charge on any atom is -0.497 e. The van der Waals surface area contributed by atoms with Crippen LogP contribution < -0.4 is 14.2 Å². The van der Waals surface area contributed by atoms with Crippen LogP contribution in [0.25, 0.3) is 0 Å². The Bertz CT molecular complexity index is 1040. The first-order chi connectivity index (χ1) is 14.5. The summed E-state index contributed by atoms with van der Waals surface area (Å²) in [4.78, 5) is 0. The molecule has 0 unspecified atom stereocenters. The lowest BCUT2D eigenvalue weighted by atomic mass is 10.0. The number of rotatable bonds is 8. The minimum atomic E-state index is 0.359. The van der Waals surface area contributed by atoms with Gasteiger partial charge in [0.05, 0.1) is 30.3 Å². The van der Waals surface area contributed by atoms with Gasteiger partial charge < -0.3 is 14.2 Å². The highest BCUT2D eigenvalue weighted by molar-refractivity contribution is 9.10. The molecule has 6 heteroatoms. The van der Waals surface area contributed by atoms with Gasteiger partial charge in [0.15, 0.2) is 0 Å². The largest absolute Gasteiger partial charge is 0.497 e. The molecule has 0 saturated heterocycles. The summed E-state index contributed by atoms with van der Waals surface area (Å²) in [6.45, 7) is 0.359. The third-order valence-corrected chi connectivity index (χ3v) is 5.45. The molecule has 154 valence electrons. The fraction of sp³-hybridized carbons (Fsp3) is 0.208. The molecule has 0 heterocycles. The Morgan fingerprint density at radius 3 is 2.17 bits per heavy atom. The van der Waals surface area contributed by atoms with E-state index in [1.807, 2.05) is 54.6 Å². The standard InChI is InChI=1S/C24H21BrClNO3/c1-28-21-9-18(10-22(13-21)29-2)15-30-24-19(11-20(26)12-23(24)25)8-7-16-3-5-17(14-27)6-4-16/h3-6,9-13H,7-8,15H2,1-2H3. The summed E-state index contributed by atoms with van der Waals surface area (Å²) in [5.74, 6) is 2.18. The Hall–Kier alpha value is -2.68. The molecule has 0 aliphatic heterocycles. The molecule has 0 N–H and O–H groups in total. The van der Waals surface area contributed by atoms with E-state index in [1.54, 1.807) is 14.2 Å². The van der Waals surface area contributed by atoms with Gasteiger partial charge in [-0.25, -0.2) is 0 Å². The number of ether oxygens (including phenoxy) is 3. The number of nitrogens with zero attached hydrogens (tertiary/aromatic N) is 1. The van der Waals surface area contributed by atoms with Crippen LogP contribution in [0.2, 0.25) is 5.02 Å². The highest BCUT2D eigenvalue weighted by Gasteiger charge is 2.12. The first-order valence-corrected chi connectivity index (χ1v) is 10.5. The molecule has 0 fully saturated rings. The molecule has 3 aromatic carbocycles. The van der Waals surface area contributed by atoms with E-state index in [2.05, 4.69) is 22.0 Å². The zero-order valence-electron chi connectivity index (χ0n) is 16.7. The Kier molecular flexibility index (Phi) is 7.62. The van der Waals surface area contributed by atoms with Crippen molar-refractivity contribution in [2.24, 2.45) is 0 Å². The van der Waals surface area contributed by atoms with E-state index < -0.39 is 0 Å². The molecular formula is C24H21BrClNO3. The van der Waals surface area contributed by atoms with E-state index in [0.717, 1.165) is 39.8 Å². The average molecular weight is 487 g/mol. The predicted molar refractivity (Wildman–Crippen MR) is 122 cm³/mol. The molecule has 0 aliphatic carbocycles. The molecule has 0 radical (unpaired) electrons. The number of methoxy groups -OCH3 is 2. The third kappa shape index (κ3) is 5.69. The van der Waals surface area contributed by atoms with Crippen molar-refractivity contribution < 1.29 is 14.2 Å². The van der Waals surface area contributed by atoms with Crippen LogP contribution in [0.4, 0.5) is 0 Å². The Balaban J connectivity index is 1.78. The smallest absolute Gasteiger partial charge is 0.137 e. The molecule has 4 nitrogen and oxygen atoms in total. The summed E-state index contributed by atoms with van der Waals surface area (Å²) >= 11 is 9.86. The summed E-state index contributed by atoms with van der Waals surface area (Å²) in [5, 5.41) is 9.60. The average Bonchev–Trinajstić information content (AvgIpc) is 2.76. The van der Waals surface area contributed by atoms with E-state index in [4.69, 9.17) is 31.1 Å². The van der Waals surface area contributed by atoms with Crippen molar-refractivity contribution in [2.75, 3.05) is 14.2 Å². The quantitative estimate of drug-likeness (QED) is 0.372. The van der Waals surface area contributed by atoms with Gasteiger partial charge in [0.1, 0.15) is 23.9 Å². The lowest BCUT2D eigenvalue weighted by Crippen LogP contribution is -2.02. The molecule has 3 rings (SSSR count). The van der Waals surface area contributed by atoms with Crippen LogP contribution in [0.5, 0.6) is 17.2 Å². The lowest BCUT2D eigenvalue weighted by Gasteiger charge is -2.15. The van der Waals surface area contributed by atoms with Crippen molar-refractivity contribution in [3.05, 3.63) is 86.3 Å². The number of benzene rings is 3. The molecule has 0 atom stereocenters. The first kappa shape index (κ1) is 22.0. The van der Waals surface area contributed by atoms with Crippen LogP contribution in [0, 0.1) is 11.3 Å². The Morgan fingerprint density at radius 2 is 1.57 bits per heavy atom. The second-order valence-corrected chi connectivity index (χ2v) is 7.98. The van der Waals surface area contributed by atoms with Crippen molar-refractivity contribution in [3.63, 3.8) is 0 Å². The summed E-state index contributed by atoms with van der Waals surface area (Å²) in [6, 6.07) is 19.2. The second kappa shape index (κ2) is 10.4. The zero-order chi connectivity index (χ0) is 21.5. The van der Waals surface area contributed by atoms with E-state index in [1.165, 1.54) is 0 Å². The highest BCUT2D eigenvalue weighted by Crippen LogP contribution is 2.35. The first-order valence-electron chi connectivity index (χ1n) is 9.34. The van der Waals surface area contributed by atoms with Crippen LogP contribution in [-0.2, 0) is 19.4 Å². The van der Waals surface area contributed by atoms with Crippen molar-refractivity contribution in [2.45, 2.75) is 19.4 Å². The maximum Gasteiger partial charge on any atom is 0.137 e. The van der Waals surface area contributed by atoms with Gasteiger partial charge in [-0.3, -0.25) is 0 Å². The second-order valence-electron chi connectivity index (χ2n) is 6.69. The Morgan fingerprint density at radius 1 is 0.900 bits per heavy atom. The number of hydrogen-bond acceptors (Lipinski definition) is 4. The summed E-state index contributed by atoms with van der Waals surface area (Å²) in [7, 11) is 3.24. The molecule has 0 aromatic heterocycles. The molecule has 30 heavy (non-hydrogen) atoms. The van der Waals surface area contributed by atoms with Crippen molar-refractivity contribution in [1.29, 1.82) is 5.26 Å². The van der Waals surface area contributed by atoms with E-state index in [-0.39, 0.29) is 0 Å². The monoisotopic (exact) mass is 485 g/mol. The van der Waals surface area contributed by atoms with Crippen LogP contribution in [0.15, 0.2) is 59.1 Å². The zero-order valence-corrected chi connectivity index (χ0v) is 19.1. The van der Waals surface area contributed by atoms with Crippen molar-refractivity contribution >= 4 is 27.5 Å². The summed E-state index contributed by atoms with van der Waals surface area (Å²) in [5.41, 5.74) is 3.75. The fourth-order valence-electron chi connectivity index (χ4n) is 3.09. The maximum absolute atomic E-state index is 8.95. The Labute approximate surface area is 190 Å². The predicted octanol–water partition coefficient (Wildman–Crippen LogP) is 6.36. The van der Waals surface area contributed by atoms with Crippen LogP contribution in [-0.4, -0.2) is 14.2 Å². The highest BCUT2D eigenvalue weighted by atomic mass is 79.9. The van der Waals surface area contributed by atoms with Gasteiger partial charge in [0.2, 0.25) is 0 Å². The maximum atomic E-state index is 8.95. The van der Waals surface area contributed by atoms with Crippen molar-refractivity contribution in [1.82, 2.24) is 0 Å². The van der Waals surface area contributed by atoms with Gasteiger partial charge in [-0.1, -0.05) is 23.7 Å². The van der Waals surface area contributed by atoms with Crippen molar-refractivity contribution in [3.8, 4) is 23.3 Å². The molecule has 3 aromatic rings. The van der Waals surface area contributed by atoms with Gasteiger partial charge in [-0.15, -0.1) is 0 Å². The molecule has 0 aliphatic rings. The molecule has 0 spiro atoms. The van der Waals surface area contributed by atoms with E-state index >= 15 is 0 Å². The van der Waals surface area contributed by atoms with Crippen LogP contribution in [0.1, 0.15) is 22.3 Å². The number of halogens is 2. The molecule has 0 saturated carbocycles. The normalized spacial score (nSPS) is 10.4. The number of nitriles is 1. The van der Waals surface area contributed by atoms with E-state index in [0.29, 0.717) is 28.7 Å². The SMILES string of the molecule is COc1cc(COc2c(Br)cc(Cl)cc2CCc2ccc(C#N)cc2)cc(OC)c1. The van der Waals surface area contributed by atoms with E-state index in [9.17, 15) is 0 Å².